The first-order chi connectivity index (χ1) is 11.9. The topological polar surface area (TPSA) is 24.9 Å². The van der Waals surface area contributed by atoms with E-state index in [-0.39, 0.29) is 0 Å². The third-order valence-corrected chi connectivity index (χ3v) is 5.98. The molecule has 0 spiro atoms. The zero-order valence-electron chi connectivity index (χ0n) is 14.6. The lowest BCUT2D eigenvalue weighted by Gasteiger charge is -2.45. The van der Waals surface area contributed by atoms with Crippen LogP contribution in [0.3, 0.4) is 0 Å². The second-order valence-corrected chi connectivity index (χ2v) is 7.49. The van der Waals surface area contributed by atoms with Crippen molar-refractivity contribution < 1.29 is 9.47 Å². The molecule has 1 aromatic rings. The summed E-state index contributed by atoms with van der Waals surface area (Å²) >= 11 is 0. The molecule has 0 unspecified atom stereocenters. The van der Waals surface area contributed by atoms with Crippen LogP contribution in [0.15, 0.2) is 30.3 Å². The van der Waals surface area contributed by atoms with Gasteiger partial charge in [0.15, 0.2) is 0 Å². The predicted molar refractivity (Wildman–Crippen MR) is 95.0 cm³/mol. The van der Waals surface area contributed by atoms with Crippen molar-refractivity contribution in [2.45, 2.75) is 37.9 Å². The standard InChI is InChI=1S/C20H30N2O2/c1-2-4-17(5-3-1)14-22-10-13-24-16-18-15-21(9-6-20(18)22)19-7-11-23-12-8-19/h1-5,18-20H,6-16H2/t18-,20-/m1/s1. The van der Waals surface area contributed by atoms with Crippen molar-refractivity contribution in [1.29, 1.82) is 0 Å². The monoisotopic (exact) mass is 330 g/mol. The summed E-state index contributed by atoms with van der Waals surface area (Å²) in [7, 11) is 0. The molecule has 3 saturated heterocycles. The van der Waals surface area contributed by atoms with Crippen LogP contribution in [0.4, 0.5) is 0 Å². The lowest BCUT2D eigenvalue weighted by Crippen LogP contribution is -2.54. The number of rotatable bonds is 3. The molecule has 4 nitrogen and oxygen atoms in total. The molecule has 4 rings (SSSR count). The first-order valence-corrected chi connectivity index (χ1v) is 9.57. The molecule has 1 aromatic carbocycles. The van der Waals surface area contributed by atoms with Gasteiger partial charge in [-0.1, -0.05) is 30.3 Å². The van der Waals surface area contributed by atoms with Crippen molar-refractivity contribution in [2.75, 3.05) is 46.1 Å². The molecule has 132 valence electrons. The van der Waals surface area contributed by atoms with Gasteiger partial charge in [-0.05, 0) is 31.4 Å². The smallest absolute Gasteiger partial charge is 0.0593 e. The van der Waals surface area contributed by atoms with Crippen LogP contribution in [0.2, 0.25) is 0 Å². The van der Waals surface area contributed by atoms with Crippen LogP contribution >= 0.6 is 0 Å². The number of ether oxygens (including phenoxy) is 2. The van der Waals surface area contributed by atoms with Crippen LogP contribution in [-0.4, -0.2) is 67.9 Å². The highest BCUT2D eigenvalue weighted by Gasteiger charge is 2.37. The van der Waals surface area contributed by atoms with Crippen LogP contribution < -0.4 is 0 Å². The van der Waals surface area contributed by atoms with E-state index in [1.54, 1.807) is 0 Å². The number of benzene rings is 1. The molecule has 3 heterocycles. The minimum absolute atomic E-state index is 0.646. The molecular formula is C20H30N2O2. The highest BCUT2D eigenvalue weighted by molar-refractivity contribution is 5.14. The van der Waals surface area contributed by atoms with Gasteiger partial charge in [-0.2, -0.15) is 0 Å². The van der Waals surface area contributed by atoms with E-state index in [4.69, 9.17) is 9.47 Å². The second kappa shape index (κ2) is 7.96. The molecule has 0 saturated carbocycles. The van der Waals surface area contributed by atoms with E-state index in [9.17, 15) is 0 Å². The van der Waals surface area contributed by atoms with E-state index in [1.165, 1.54) is 37.9 Å². The normalized spacial score (nSPS) is 30.7. The Kier molecular flexibility index (Phi) is 5.48. The SMILES string of the molecule is c1ccc(CN2CCOC[C@H]3CN(C4CCOCC4)CC[C@H]32)cc1. The minimum atomic E-state index is 0.646. The molecule has 0 radical (unpaired) electrons. The largest absolute Gasteiger partial charge is 0.381 e. The number of nitrogens with zero attached hydrogens (tertiary/aromatic N) is 2. The molecule has 0 amide bonds. The maximum atomic E-state index is 5.97. The number of likely N-dealkylation sites (tertiary alicyclic amines) is 1. The van der Waals surface area contributed by atoms with Crippen molar-refractivity contribution in [3.63, 3.8) is 0 Å². The van der Waals surface area contributed by atoms with Crippen molar-refractivity contribution in [2.24, 2.45) is 5.92 Å². The highest BCUT2D eigenvalue weighted by Crippen LogP contribution is 2.29. The van der Waals surface area contributed by atoms with Gasteiger partial charge in [-0.15, -0.1) is 0 Å². The molecule has 0 aromatic heterocycles. The Labute approximate surface area is 145 Å². The van der Waals surface area contributed by atoms with Crippen LogP contribution in [-0.2, 0) is 16.0 Å². The molecule has 4 heteroatoms. The van der Waals surface area contributed by atoms with Crippen LogP contribution in [0.5, 0.6) is 0 Å². The van der Waals surface area contributed by atoms with Crippen LogP contribution in [0.25, 0.3) is 0 Å². The van der Waals surface area contributed by atoms with Crippen LogP contribution in [0, 0.1) is 5.92 Å². The third kappa shape index (κ3) is 3.83. The van der Waals surface area contributed by atoms with E-state index in [0.29, 0.717) is 12.0 Å². The average molecular weight is 330 g/mol. The maximum Gasteiger partial charge on any atom is 0.0593 e. The Morgan fingerprint density at radius 2 is 1.75 bits per heavy atom. The number of hydrogen-bond donors (Lipinski definition) is 0. The summed E-state index contributed by atoms with van der Waals surface area (Å²) in [5.41, 5.74) is 1.42. The first-order valence-electron chi connectivity index (χ1n) is 9.57. The van der Waals surface area contributed by atoms with Crippen LogP contribution in [0.1, 0.15) is 24.8 Å². The summed E-state index contributed by atoms with van der Waals surface area (Å²) in [5, 5.41) is 0. The van der Waals surface area contributed by atoms with Gasteiger partial charge in [0.1, 0.15) is 0 Å². The molecule has 3 aliphatic rings. The van der Waals surface area contributed by atoms with E-state index < -0.39 is 0 Å². The van der Waals surface area contributed by atoms with Crippen molar-refractivity contribution in [3.8, 4) is 0 Å². The zero-order chi connectivity index (χ0) is 16.2. The predicted octanol–water partition coefficient (Wildman–Crippen LogP) is 2.39. The van der Waals surface area contributed by atoms with E-state index in [1.807, 2.05) is 0 Å². The second-order valence-electron chi connectivity index (χ2n) is 7.49. The van der Waals surface area contributed by atoms with Gasteiger partial charge in [0.25, 0.3) is 0 Å². The van der Waals surface area contributed by atoms with Gasteiger partial charge in [0.05, 0.1) is 13.2 Å². The average Bonchev–Trinajstić information content (AvgIpc) is 2.85. The van der Waals surface area contributed by atoms with Crippen molar-refractivity contribution in [3.05, 3.63) is 35.9 Å². The minimum Gasteiger partial charge on any atom is -0.381 e. The maximum absolute atomic E-state index is 5.97. The number of piperidine rings is 1. The summed E-state index contributed by atoms with van der Waals surface area (Å²) in [6.45, 7) is 8.22. The molecule has 2 atom stereocenters. The summed E-state index contributed by atoms with van der Waals surface area (Å²) in [5.74, 6) is 0.646. The van der Waals surface area contributed by atoms with E-state index in [0.717, 1.165) is 45.6 Å². The van der Waals surface area contributed by atoms with Gasteiger partial charge in [-0.25, -0.2) is 0 Å². The zero-order valence-corrected chi connectivity index (χ0v) is 14.6. The Hall–Kier alpha value is -0.940. The summed E-state index contributed by atoms with van der Waals surface area (Å²) in [6.07, 6.45) is 3.68. The third-order valence-electron chi connectivity index (χ3n) is 5.98. The molecule has 3 aliphatic heterocycles. The van der Waals surface area contributed by atoms with Gasteiger partial charge >= 0.3 is 0 Å². The van der Waals surface area contributed by atoms with Gasteiger partial charge < -0.3 is 9.47 Å². The van der Waals surface area contributed by atoms with Gasteiger partial charge in [0, 0.05) is 50.8 Å². The Balaban J connectivity index is 1.42. The Bertz CT molecular complexity index is 504. The Morgan fingerprint density at radius 3 is 2.58 bits per heavy atom. The molecule has 3 fully saturated rings. The lowest BCUT2D eigenvalue weighted by molar-refractivity contribution is -0.0118. The van der Waals surface area contributed by atoms with Gasteiger partial charge in [-0.3, -0.25) is 9.80 Å². The molecule has 24 heavy (non-hydrogen) atoms. The van der Waals surface area contributed by atoms with Crippen molar-refractivity contribution in [1.82, 2.24) is 9.80 Å². The summed E-state index contributed by atoms with van der Waals surface area (Å²) in [4.78, 5) is 5.40. The molecule has 0 bridgehead atoms. The fourth-order valence-corrected chi connectivity index (χ4v) is 4.67. The quantitative estimate of drug-likeness (QED) is 0.850. The van der Waals surface area contributed by atoms with E-state index in [2.05, 4.69) is 40.1 Å². The number of fused-ring (bicyclic) bond motifs is 1. The molecule has 0 aliphatic carbocycles. The first kappa shape index (κ1) is 16.5. The Morgan fingerprint density at radius 1 is 0.917 bits per heavy atom. The number of hydrogen-bond acceptors (Lipinski definition) is 4. The summed E-state index contributed by atoms with van der Waals surface area (Å²) < 4.78 is 11.5. The lowest BCUT2D eigenvalue weighted by atomic mass is 9.89. The van der Waals surface area contributed by atoms with E-state index >= 15 is 0 Å². The van der Waals surface area contributed by atoms with Gasteiger partial charge in [0.2, 0.25) is 0 Å². The summed E-state index contributed by atoms with van der Waals surface area (Å²) in [6, 6.07) is 12.3. The molecule has 0 N–H and O–H groups in total. The highest BCUT2D eigenvalue weighted by atomic mass is 16.5. The fourth-order valence-electron chi connectivity index (χ4n) is 4.67. The van der Waals surface area contributed by atoms with Crippen molar-refractivity contribution >= 4 is 0 Å². The fraction of sp³-hybridized carbons (Fsp3) is 0.700. The molecular weight excluding hydrogens is 300 g/mol.